The quantitative estimate of drug-likeness (QED) is 0.433. The van der Waals surface area contributed by atoms with Crippen LogP contribution in [0.1, 0.15) is 5.69 Å². The maximum Gasteiger partial charge on any atom is 0.346 e. The van der Waals surface area contributed by atoms with Gasteiger partial charge in [-0.1, -0.05) is 41.5 Å². The number of benzene rings is 2. The van der Waals surface area contributed by atoms with Crippen LogP contribution in [0.25, 0.3) is 32.1 Å². The summed E-state index contributed by atoms with van der Waals surface area (Å²) in [5, 5.41) is 11.1. The molecule has 0 amide bonds. The van der Waals surface area contributed by atoms with Crippen LogP contribution in [0.4, 0.5) is 6.01 Å². The molecule has 7 nitrogen and oxygen atoms in total. The van der Waals surface area contributed by atoms with Crippen LogP contribution in [0.15, 0.2) is 51.9 Å². The van der Waals surface area contributed by atoms with E-state index >= 15 is 0 Å². The fourth-order valence-electron chi connectivity index (χ4n) is 2.50. The Morgan fingerprint density at radius 1 is 1.08 bits per heavy atom. The Labute approximate surface area is 147 Å². The smallest absolute Gasteiger partial charge is 0.346 e. The summed E-state index contributed by atoms with van der Waals surface area (Å²) >= 11 is 1.49. The number of aryl methyl sites for hydroxylation is 1. The lowest BCUT2D eigenvalue weighted by Gasteiger charge is -2.00. The topological polar surface area (TPSA) is 116 Å². The molecule has 0 radical (unpaired) electrons. The van der Waals surface area contributed by atoms with Gasteiger partial charge in [0.15, 0.2) is 5.96 Å². The molecule has 2 heterocycles. The lowest BCUT2D eigenvalue weighted by atomic mass is 10.1. The standard InChI is InChI=1S/C17H14N6OS/c1-9-13(14-22-23-17(24-14)21-16(18)19)25-15(20-9)12-7-6-10-4-2-3-5-11(10)8-12/h2-8H,1H3,(H4,18,19,21,23). The van der Waals surface area contributed by atoms with E-state index in [1.54, 1.807) is 0 Å². The van der Waals surface area contributed by atoms with E-state index < -0.39 is 0 Å². The highest BCUT2D eigenvalue weighted by Crippen LogP contribution is 2.36. The largest absolute Gasteiger partial charge is 0.401 e. The summed E-state index contributed by atoms with van der Waals surface area (Å²) in [5.74, 6) is 0.218. The third-order valence-corrected chi connectivity index (χ3v) is 4.82. The van der Waals surface area contributed by atoms with Gasteiger partial charge in [-0.3, -0.25) is 0 Å². The van der Waals surface area contributed by atoms with Gasteiger partial charge in [-0.25, -0.2) is 4.98 Å². The van der Waals surface area contributed by atoms with Crippen molar-refractivity contribution in [3.05, 3.63) is 48.2 Å². The van der Waals surface area contributed by atoms with E-state index in [9.17, 15) is 0 Å². The first-order valence-electron chi connectivity index (χ1n) is 7.50. The van der Waals surface area contributed by atoms with Crippen molar-refractivity contribution in [2.75, 3.05) is 0 Å². The van der Waals surface area contributed by atoms with E-state index in [2.05, 4.69) is 50.5 Å². The summed E-state index contributed by atoms with van der Waals surface area (Å²) in [5.41, 5.74) is 12.5. The minimum absolute atomic E-state index is 0.0232. The second kappa shape index (κ2) is 5.99. The molecule has 25 heavy (non-hydrogen) atoms. The number of aliphatic imine (C=N–C) groups is 1. The molecule has 0 saturated heterocycles. The number of nitrogens with two attached hydrogens (primary N) is 2. The van der Waals surface area contributed by atoms with Gasteiger partial charge in [0.1, 0.15) is 9.88 Å². The van der Waals surface area contributed by atoms with Crippen LogP contribution in [0.3, 0.4) is 0 Å². The molecule has 0 bridgehead atoms. The van der Waals surface area contributed by atoms with Crippen molar-refractivity contribution < 1.29 is 4.42 Å². The van der Waals surface area contributed by atoms with Gasteiger partial charge in [0.25, 0.3) is 5.89 Å². The Hall–Kier alpha value is -3.26. The molecular formula is C17H14N6OS. The Bertz CT molecular complexity index is 1090. The molecule has 4 rings (SSSR count). The number of thiazole rings is 1. The number of hydrogen-bond donors (Lipinski definition) is 2. The van der Waals surface area contributed by atoms with Crippen LogP contribution in [0, 0.1) is 6.92 Å². The Balaban J connectivity index is 1.74. The maximum atomic E-state index is 5.48. The SMILES string of the molecule is Cc1nc(-c2ccc3ccccc3c2)sc1-c1nnc(N=C(N)N)o1. The zero-order valence-electron chi connectivity index (χ0n) is 13.3. The zero-order chi connectivity index (χ0) is 17.4. The van der Waals surface area contributed by atoms with E-state index in [1.165, 1.54) is 22.1 Å². The fraction of sp³-hybridized carbons (Fsp3) is 0.0588. The predicted octanol–water partition coefficient (Wildman–Crippen LogP) is 3.23. The predicted molar refractivity (Wildman–Crippen MR) is 98.6 cm³/mol. The third kappa shape index (κ3) is 2.94. The number of nitrogens with zero attached hydrogens (tertiary/aromatic N) is 4. The van der Waals surface area contributed by atoms with Gasteiger partial charge in [0, 0.05) is 5.56 Å². The highest BCUT2D eigenvalue weighted by molar-refractivity contribution is 7.18. The molecule has 0 spiro atoms. The summed E-state index contributed by atoms with van der Waals surface area (Å²) in [6.07, 6.45) is 0. The van der Waals surface area contributed by atoms with Crippen LogP contribution < -0.4 is 11.5 Å². The lowest BCUT2D eigenvalue weighted by Crippen LogP contribution is -2.21. The van der Waals surface area contributed by atoms with Gasteiger partial charge in [-0.05, 0) is 23.8 Å². The monoisotopic (exact) mass is 350 g/mol. The average Bonchev–Trinajstić information content (AvgIpc) is 3.20. The van der Waals surface area contributed by atoms with Crippen LogP contribution in [-0.2, 0) is 0 Å². The van der Waals surface area contributed by atoms with Crippen molar-refractivity contribution in [3.63, 3.8) is 0 Å². The maximum absolute atomic E-state index is 5.48. The zero-order valence-corrected chi connectivity index (χ0v) is 14.1. The Kier molecular flexibility index (Phi) is 3.66. The first-order valence-corrected chi connectivity index (χ1v) is 8.32. The van der Waals surface area contributed by atoms with Gasteiger partial charge < -0.3 is 15.9 Å². The number of guanidine groups is 1. The van der Waals surface area contributed by atoms with Crippen LogP contribution in [-0.4, -0.2) is 21.1 Å². The second-order valence-corrected chi connectivity index (χ2v) is 6.42. The highest BCUT2D eigenvalue weighted by Gasteiger charge is 2.17. The molecule has 0 aliphatic carbocycles. The molecule has 4 N–H and O–H groups in total. The van der Waals surface area contributed by atoms with Crippen molar-refractivity contribution in [3.8, 4) is 21.3 Å². The molecule has 0 aliphatic rings. The number of rotatable bonds is 3. The lowest BCUT2D eigenvalue weighted by molar-refractivity contribution is 0.580. The van der Waals surface area contributed by atoms with Gasteiger partial charge in [-0.15, -0.1) is 16.4 Å². The fourth-order valence-corrected chi connectivity index (χ4v) is 3.49. The first-order chi connectivity index (χ1) is 12.1. The average molecular weight is 350 g/mol. The van der Waals surface area contributed by atoms with Crippen LogP contribution in [0.2, 0.25) is 0 Å². The Morgan fingerprint density at radius 2 is 1.88 bits per heavy atom. The molecule has 0 unspecified atom stereocenters. The molecule has 2 aromatic heterocycles. The van der Waals surface area contributed by atoms with E-state index in [-0.39, 0.29) is 12.0 Å². The van der Waals surface area contributed by atoms with Gasteiger partial charge >= 0.3 is 6.01 Å². The van der Waals surface area contributed by atoms with Gasteiger partial charge in [0.05, 0.1) is 5.69 Å². The van der Waals surface area contributed by atoms with Crippen molar-refractivity contribution in [1.29, 1.82) is 0 Å². The normalized spacial score (nSPS) is 10.9. The van der Waals surface area contributed by atoms with E-state index in [4.69, 9.17) is 15.9 Å². The Morgan fingerprint density at radius 3 is 2.68 bits per heavy atom. The second-order valence-electron chi connectivity index (χ2n) is 5.42. The molecule has 0 saturated carbocycles. The summed E-state index contributed by atoms with van der Waals surface area (Å²) in [6, 6.07) is 14.5. The van der Waals surface area contributed by atoms with Crippen molar-refractivity contribution in [2.45, 2.75) is 6.92 Å². The molecule has 4 aromatic rings. The summed E-state index contributed by atoms with van der Waals surface area (Å²) in [4.78, 5) is 9.19. The number of hydrogen-bond acceptors (Lipinski definition) is 6. The molecule has 124 valence electrons. The van der Waals surface area contributed by atoms with Crippen molar-refractivity contribution >= 4 is 34.1 Å². The van der Waals surface area contributed by atoms with Crippen molar-refractivity contribution in [1.82, 2.24) is 15.2 Å². The number of aromatic nitrogens is 3. The summed E-state index contributed by atoms with van der Waals surface area (Å²) < 4.78 is 5.48. The number of fused-ring (bicyclic) bond motifs is 1. The summed E-state index contributed by atoms with van der Waals surface area (Å²) in [6.45, 7) is 1.90. The van der Waals surface area contributed by atoms with Crippen LogP contribution in [0.5, 0.6) is 0 Å². The van der Waals surface area contributed by atoms with E-state index in [1.807, 2.05) is 19.1 Å². The minimum atomic E-state index is -0.131. The first kappa shape index (κ1) is 15.3. The molecule has 0 atom stereocenters. The van der Waals surface area contributed by atoms with Crippen molar-refractivity contribution in [2.24, 2.45) is 16.5 Å². The molecule has 0 aliphatic heterocycles. The van der Waals surface area contributed by atoms with Gasteiger partial charge in [0.2, 0.25) is 0 Å². The molecule has 0 fully saturated rings. The summed E-state index contributed by atoms with van der Waals surface area (Å²) in [7, 11) is 0. The molecule has 8 heteroatoms. The van der Waals surface area contributed by atoms with Gasteiger partial charge in [-0.2, -0.15) is 4.99 Å². The third-order valence-electron chi connectivity index (χ3n) is 3.63. The van der Waals surface area contributed by atoms with E-state index in [0.717, 1.165) is 21.1 Å². The molecule has 2 aromatic carbocycles. The molecular weight excluding hydrogens is 336 g/mol. The highest BCUT2D eigenvalue weighted by atomic mass is 32.1. The van der Waals surface area contributed by atoms with E-state index in [0.29, 0.717) is 5.89 Å². The van der Waals surface area contributed by atoms with Crippen LogP contribution >= 0.6 is 11.3 Å². The minimum Gasteiger partial charge on any atom is -0.401 e.